The van der Waals surface area contributed by atoms with Crippen molar-refractivity contribution < 1.29 is 9.59 Å². The van der Waals surface area contributed by atoms with Gasteiger partial charge >= 0.3 is 0 Å². The topological polar surface area (TPSA) is 37.4 Å². The van der Waals surface area contributed by atoms with Gasteiger partial charge in [-0.1, -0.05) is 64.7 Å². The summed E-state index contributed by atoms with van der Waals surface area (Å²) in [5.41, 5.74) is 1.27. The van der Waals surface area contributed by atoms with Gasteiger partial charge in [-0.05, 0) is 44.5 Å². The number of carbonyl (C=O) groups excluding carboxylic acids is 2. The van der Waals surface area contributed by atoms with Crippen molar-refractivity contribution in [2.24, 2.45) is 0 Å². The highest BCUT2D eigenvalue weighted by Crippen LogP contribution is 2.45. The lowest BCUT2D eigenvalue weighted by Gasteiger charge is -2.14. The number of rotatable bonds is 13. The Balaban J connectivity index is 1.34. The van der Waals surface area contributed by atoms with Crippen LogP contribution in [0.15, 0.2) is 24.3 Å². The number of amides is 2. The van der Waals surface area contributed by atoms with Crippen LogP contribution in [0.25, 0.3) is 19.5 Å². The van der Waals surface area contributed by atoms with Crippen molar-refractivity contribution in [1.82, 2.24) is 4.90 Å². The van der Waals surface area contributed by atoms with E-state index in [0.29, 0.717) is 17.7 Å². The van der Waals surface area contributed by atoms with E-state index in [4.69, 9.17) is 0 Å². The molecule has 3 aromatic heterocycles. The normalized spacial score (nSPS) is 13.3. The first kappa shape index (κ1) is 25.3. The molecule has 4 heterocycles. The molecule has 0 atom stereocenters. The summed E-state index contributed by atoms with van der Waals surface area (Å²) in [6, 6.07) is 8.53. The number of hydrogen-bond donors (Lipinski definition) is 0. The maximum Gasteiger partial charge on any atom is 0.263 e. The number of aryl methyl sites for hydroxylation is 2. The second-order valence-corrected chi connectivity index (χ2v) is 12.9. The quantitative estimate of drug-likeness (QED) is 0.169. The minimum Gasteiger partial charge on any atom is -0.274 e. The molecule has 3 aromatic rings. The van der Waals surface area contributed by atoms with E-state index in [-0.39, 0.29) is 11.8 Å². The Morgan fingerprint density at radius 1 is 0.647 bits per heavy atom. The van der Waals surface area contributed by atoms with Crippen molar-refractivity contribution >= 4 is 45.8 Å². The zero-order valence-corrected chi connectivity index (χ0v) is 23.0. The molecule has 0 unspecified atom stereocenters. The Hall–Kier alpha value is -1.76. The minimum atomic E-state index is -0.0998. The fourth-order valence-corrected chi connectivity index (χ4v) is 7.88. The van der Waals surface area contributed by atoms with Gasteiger partial charge in [-0.3, -0.25) is 14.5 Å². The number of hydrogen-bond acceptors (Lipinski definition) is 5. The molecule has 0 radical (unpaired) electrons. The molecule has 0 saturated carbocycles. The van der Waals surface area contributed by atoms with Crippen LogP contribution >= 0.6 is 34.0 Å². The molecular formula is C28H35NO2S3. The van der Waals surface area contributed by atoms with Crippen LogP contribution in [-0.2, 0) is 0 Å². The Morgan fingerprint density at radius 2 is 1.21 bits per heavy atom. The first-order valence-corrected chi connectivity index (χ1v) is 15.1. The standard InChI is InChI=1S/C28H35NO2S3/c1-4-5-6-7-8-9-10-11-12-13-18-29-27(30)24-20(3)33-26(25(24)28(29)31)23-17-16-22(34-23)21-15-14-19(2)32-21/h14-17H,4-13,18H2,1-3H3. The van der Waals surface area contributed by atoms with E-state index in [2.05, 4.69) is 38.1 Å². The van der Waals surface area contributed by atoms with E-state index in [9.17, 15) is 9.59 Å². The number of carbonyl (C=O) groups is 2. The minimum absolute atomic E-state index is 0.0958. The summed E-state index contributed by atoms with van der Waals surface area (Å²) in [4.78, 5) is 34.7. The fourth-order valence-electron chi connectivity index (χ4n) is 4.66. The van der Waals surface area contributed by atoms with Crippen LogP contribution < -0.4 is 0 Å². The number of nitrogens with zero attached hydrogens (tertiary/aromatic N) is 1. The molecule has 0 fully saturated rings. The molecule has 182 valence electrons. The molecule has 0 N–H and O–H groups in total. The monoisotopic (exact) mass is 513 g/mol. The van der Waals surface area contributed by atoms with Crippen LogP contribution in [-0.4, -0.2) is 23.3 Å². The first-order chi connectivity index (χ1) is 16.5. The molecule has 4 rings (SSSR count). The third-order valence-electron chi connectivity index (χ3n) is 6.55. The van der Waals surface area contributed by atoms with Gasteiger partial charge in [0.25, 0.3) is 11.8 Å². The Kier molecular flexibility index (Phi) is 8.78. The average molecular weight is 514 g/mol. The third kappa shape index (κ3) is 5.55. The summed E-state index contributed by atoms with van der Waals surface area (Å²) in [5.74, 6) is -0.196. The van der Waals surface area contributed by atoms with Crippen molar-refractivity contribution in [3.8, 4) is 19.5 Å². The zero-order valence-electron chi connectivity index (χ0n) is 20.6. The van der Waals surface area contributed by atoms with E-state index >= 15 is 0 Å². The van der Waals surface area contributed by atoms with Crippen molar-refractivity contribution in [3.05, 3.63) is 45.1 Å². The Bertz CT molecular complexity index is 1140. The maximum atomic E-state index is 13.3. The van der Waals surface area contributed by atoms with Crippen molar-refractivity contribution in [2.75, 3.05) is 6.54 Å². The van der Waals surface area contributed by atoms with Gasteiger partial charge in [-0.2, -0.15) is 0 Å². The summed E-state index contributed by atoms with van der Waals surface area (Å²) in [5, 5.41) is 0. The number of imide groups is 1. The summed E-state index contributed by atoms with van der Waals surface area (Å²) in [6.07, 6.45) is 12.4. The van der Waals surface area contributed by atoms with E-state index in [1.807, 2.05) is 6.92 Å². The van der Waals surface area contributed by atoms with Crippen LogP contribution in [0.1, 0.15) is 102 Å². The van der Waals surface area contributed by atoms with Gasteiger partial charge in [0.05, 0.1) is 16.0 Å². The second-order valence-electron chi connectivity index (χ2n) is 9.26. The van der Waals surface area contributed by atoms with Gasteiger partial charge in [0.2, 0.25) is 0 Å². The van der Waals surface area contributed by atoms with E-state index in [0.717, 1.165) is 27.5 Å². The van der Waals surface area contributed by atoms with Crippen LogP contribution in [0, 0.1) is 13.8 Å². The molecule has 6 heteroatoms. The molecule has 3 nitrogen and oxygen atoms in total. The summed E-state index contributed by atoms with van der Waals surface area (Å²) in [7, 11) is 0. The molecule has 1 aliphatic rings. The summed E-state index contributed by atoms with van der Waals surface area (Å²) in [6.45, 7) is 6.88. The van der Waals surface area contributed by atoms with Crippen LogP contribution in [0.5, 0.6) is 0 Å². The van der Waals surface area contributed by atoms with Crippen molar-refractivity contribution in [1.29, 1.82) is 0 Å². The van der Waals surface area contributed by atoms with E-state index < -0.39 is 0 Å². The fraction of sp³-hybridized carbons (Fsp3) is 0.500. The average Bonchev–Trinajstić information content (AvgIpc) is 3.58. The molecule has 2 amide bonds. The lowest BCUT2D eigenvalue weighted by molar-refractivity contribution is 0.0651. The lowest BCUT2D eigenvalue weighted by Crippen LogP contribution is -2.31. The highest BCUT2D eigenvalue weighted by Gasteiger charge is 2.40. The van der Waals surface area contributed by atoms with E-state index in [1.165, 1.54) is 70.9 Å². The predicted octanol–water partition coefficient (Wildman–Crippen LogP) is 9.34. The molecule has 34 heavy (non-hydrogen) atoms. The summed E-state index contributed by atoms with van der Waals surface area (Å²) < 4.78 is 0. The number of unbranched alkanes of at least 4 members (excludes halogenated alkanes) is 9. The largest absolute Gasteiger partial charge is 0.274 e. The van der Waals surface area contributed by atoms with Gasteiger partial charge in [0, 0.05) is 30.9 Å². The molecule has 0 bridgehead atoms. The highest BCUT2D eigenvalue weighted by atomic mass is 32.1. The van der Waals surface area contributed by atoms with Crippen LogP contribution in [0.4, 0.5) is 0 Å². The van der Waals surface area contributed by atoms with Crippen LogP contribution in [0.2, 0.25) is 0 Å². The van der Waals surface area contributed by atoms with Gasteiger partial charge in [0.1, 0.15) is 0 Å². The van der Waals surface area contributed by atoms with Gasteiger partial charge < -0.3 is 0 Å². The number of fused-ring (bicyclic) bond motifs is 1. The smallest absolute Gasteiger partial charge is 0.263 e. The molecule has 0 saturated heterocycles. The van der Waals surface area contributed by atoms with Gasteiger partial charge in [0.15, 0.2) is 0 Å². The molecular weight excluding hydrogens is 479 g/mol. The van der Waals surface area contributed by atoms with Crippen LogP contribution in [0.3, 0.4) is 0 Å². The maximum absolute atomic E-state index is 13.3. The molecule has 1 aliphatic heterocycles. The highest BCUT2D eigenvalue weighted by molar-refractivity contribution is 7.26. The predicted molar refractivity (Wildman–Crippen MR) is 148 cm³/mol. The lowest BCUT2D eigenvalue weighted by atomic mass is 10.1. The zero-order chi connectivity index (χ0) is 24.1. The first-order valence-electron chi connectivity index (χ1n) is 12.7. The summed E-state index contributed by atoms with van der Waals surface area (Å²) >= 11 is 5.08. The van der Waals surface area contributed by atoms with E-state index in [1.54, 1.807) is 34.0 Å². The number of thiophene rings is 3. The molecule has 0 aromatic carbocycles. The second kappa shape index (κ2) is 11.8. The Labute approximate surface area is 215 Å². The molecule has 0 spiro atoms. The Morgan fingerprint density at radius 3 is 1.85 bits per heavy atom. The van der Waals surface area contributed by atoms with Gasteiger partial charge in [-0.15, -0.1) is 34.0 Å². The van der Waals surface area contributed by atoms with Crippen molar-refractivity contribution in [2.45, 2.75) is 85.0 Å². The van der Waals surface area contributed by atoms with Gasteiger partial charge in [-0.25, -0.2) is 0 Å². The third-order valence-corrected chi connectivity index (χ3v) is 10.1. The molecule has 0 aliphatic carbocycles. The SMILES string of the molecule is CCCCCCCCCCCCN1C(=O)c2c(C)sc(-c3ccc(-c4ccc(C)s4)s3)c2C1=O. The van der Waals surface area contributed by atoms with Crippen molar-refractivity contribution in [3.63, 3.8) is 0 Å².